The van der Waals surface area contributed by atoms with Gasteiger partial charge in [0, 0.05) is 31.7 Å². The number of nitrogens with two attached hydrogens (primary N) is 1. The molecule has 1 heterocycles. The SMILES string of the molecule is NCOCOCCCNC(=O)CCCCCN1C(=O)C=CC1=O. The summed E-state index contributed by atoms with van der Waals surface area (Å²) in [5.41, 5.74) is 5.13. The van der Waals surface area contributed by atoms with Crippen LogP contribution in [0.15, 0.2) is 12.2 Å². The lowest BCUT2D eigenvalue weighted by Gasteiger charge is -2.13. The first kappa shape index (κ1) is 19.3. The van der Waals surface area contributed by atoms with Gasteiger partial charge in [-0.2, -0.15) is 0 Å². The Morgan fingerprint density at radius 1 is 1.09 bits per heavy atom. The Balaban J connectivity index is 1.90. The number of hydrogen-bond donors (Lipinski definition) is 2. The molecule has 1 aliphatic heterocycles. The van der Waals surface area contributed by atoms with E-state index in [4.69, 9.17) is 15.2 Å². The fourth-order valence-electron chi connectivity index (χ4n) is 2.04. The highest BCUT2D eigenvalue weighted by Crippen LogP contribution is 2.07. The third kappa shape index (κ3) is 8.44. The van der Waals surface area contributed by atoms with E-state index < -0.39 is 0 Å². The standard InChI is InChI=1S/C15H25N3O5/c16-11-23-12-22-10-4-8-17-13(19)5-2-1-3-9-18-14(20)6-7-15(18)21/h6-7H,1-5,8-12,16H2,(H,17,19). The molecule has 3 amide bonds. The van der Waals surface area contributed by atoms with Crippen LogP contribution in [0.4, 0.5) is 0 Å². The second-order valence-corrected chi connectivity index (χ2v) is 5.07. The number of rotatable bonds is 13. The number of hydrogen-bond acceptors (Lipinski definition) is 6. The average molecular weight is 327 g/mol. The van der Waals surface area contributed by atoms with E-state index in [1.807, 2.05) is 0 Å². The number of unbranched alkanes of at least 4 members (excludes halogenated alkanes) is 2. The molecule has 0 atom stereocenters. The van der Waals surface area contributed by atoms with E-state index >= 15 is 0 Å². The van der Waals surface area contributed by atoms with Gasteiger partial charge in [-0.05, 0) is 19.3 Å². The number of carbonyl (C=O) groups is 3. The van der Waals surface area contributed by atoms with Crippen molar-refractivity contribution in [1.82, 2.24) is 10.2 Å². The lowest BCUT2D eigenvalue weighted by molar-refractivity contribution is -0.137. The van der Waals surface area contributed by atoms with Crippen LogP contribution in [0.3, 0.4) is 0 Å². The van der Waals surface area contributed by atoms with Gasteiger partial charge < -0.3 is 20.5 Å². The summed E-state index contributed by atoms with van der Waals surface area (Å²) in [6.45, 7) is 1.78. The number of amides is 3. The van der Waals surface area contributed by atoms with Crippen molar-refractivity contribution in [2.45, 2.75) is 32.1 Å². The fraction of sp³-hybridized carbons (Fsp3) is 0.667. The molecule has 0 aromatic heterocycles. The molecule has 8 heteroatoms. The van der Waals surface area contributed by atoms with E-state index in [1.165, 1.54) is 17.1 Å². The van der Waals surface area contributed by atoms with Gasteiger partial charge in [-0.25, -0.2) is 0 Å². The molecule has 3 N–H and O–H groups in total. The molecule has 0 radical (unpaired) electrons. The zero-order chi connectivity index (χ0) is 16.9. The van der Waals surface area contributed by atoms with Crippen molar-refractivity contribution in [1.29, 1.82) is 0 Å². The van der Waals surface area contributed by atoms with Crippen LogP contribution in [-0.4, -0.2) is 55.8 Å². The van der Waals surface area contributed by atoms with E-state index in [-0.39, 0.29) is 31.2 Å². The van der Waals surface area contributed by atoms with Crippen LogP contribution in [-0.2, 0) is 23.9 Å². The Morgan fingerprint density at radius 3 is 2.52 bits per heavy atom. The summed E-state index contributed by atoms with van der Waals surface area (Å²) in [6.07, 6.45) is 5.95. The lowest BCUT2D eigenvalue weighted by atomic mass is 10.2. The summed E-state index contributed by atoms with van der Waals surface area (Å²) in [4.78, 5) is 35.4. The van der Waals surface area contributed by atoms with Crippen LogP contribution in [0.1, 0.15) is 32.1 Å². The van der Waals surface area contributed by atoms with Crippen LogP contribution < -0.4 is 11.1 Å². The summed E-state index contributed by atoms with van der Waals surface area (Å²) in [6, 6.07) is 0. The second-order valence-electron chi connectivity index (χ2n) is 5.07. The maximum atomic E-state index is 11.6. The van der Waals surface area contributed by atoms with E-state index in [0.717, 1.165) is 12.8 Å². The van der Waals surface area contributed by atoms with Crippen molar-refractivity contribution in [3.8, 4) is 0 Å². The molecule has 0 aromatic rings. The van der Waals surface area contributed by atoms with Gasteiger partial charge in [-0.3, -0.25) is 19.3 Å². The number of imide groups is 1. The van der Waals surface area contributed by atoms with Gasteiger partial charge in [-0.1, -0.05) is 6.42 Å². The maximum absolute atomic E-state index is 11.6. The Morgan fingerprint density at radius 2 is 1.83 bits per heavy atom. The van der Waals surface area contributed by atoms with E-state index in [1.54, 1.807) is 0 Å². The van der Waals surface area contributed by atoms with Crippen molar-refractivity contribution >= 4 is 17.7 Å². The predicted octanol–water partition coefficient (Wildman–Crippen LogP) is -0.115. The van der Waals surface area contributed by atoms with Gasteiger partial charge in [0.2, 0.25) is 5.91 Å². The van der Waals surface area contributed by atoms with Crippen molar-refractivity contribution in [3.63, 3.8) is 0 Å². The topological polar surface area (TPSA) is 111 Å². The molecule has 23 heavy (non-hydrogen) atoms. The minimum atomic E-state index is -0.258. The zero-order valence-corrected chi connectivity index (χ0v) is 13.3. The molecule has 0 bridgehead atoms. The van der Waals surface area contributed by atoms with Crippen LogP contribution >= 0.6 is 0 Å². The molecule has 130 valence electrons. The summed E-state index contributed by atoms with van der Waals surface area (Å²) in [5, 5.41) is 2.81. The Bertz CT molecular complexity index is 407. The third-order valence-corrected chi connectivity index (χ3v) is 3.26. The molecule has 0 aromatic carbocycles. The Labute approximate surface area is 136 Å². The minimum absolute atomic E-state index is 0.00167. The molecule has 1 aliphatic rings. The molecule has 0 fully saturated rings. The summed E-state index contributed by atoms with van der Waals surface area (Å²) in [5.74, 6) is -0.517. The van der Waals surface area contributed by atoms with E-state index in [2.05, 4.69) is 5.32 Å². The average Bonchev–Trinajstić information content (AvgIpc) is 2.85. The highest BCUT2D eigenvalue weighted by Gasteiger charge is 2.22. The van der Waals surface area contributed by atoms with Crippen molar-refractivity contribution in [3.05, 3.63) is 12.2 Å². The fourth-order valence-corrected chi connectivity index (χ4v) is 2.04. The van der Waals surface area contributed by atoms with Gasteiger partial charge in [-0.15, -0.1) is 0 Å². The Kier molecular flexibility index (Phi) is 9.85. The van der Waals surface area contributed by atoms with Gasteiger partial charge in [0.1, 0.15) is 6.79 Å². The molecular weight excluding hydrogens is 302 g/mol. The van der Waals surface area contributed by atoms with E-state index in [9.17, 15) is 14.4 Å². The molecule has 0 saturated carbocycles. The molecule has 0 aliphatic carbocycles. The quantitative estimate of drug-likeness (QED) is 0.277. The first-order valence-corrected chi connectivity index (χ1v) is 7.81. The van der Waals surface area contributed by atoms with E-state index in [0.29, 0.717) is 39.0 Å². The highest BCUT2D eigenvalue weighted by molar-refractivity contribution is 6.12. The smallest absolute Gasteiger partial charge is 0.253 e. The third-order valence-electron chi connectivity index (χ3n) is 3.26. The normalized spacial score (nSPS) is 13.9. The van der Waals surface area contributed by atoms with Crippen molar-refractivity contribution in [2.24, 2.45) is 5.73 Å². The molecule has 8 nitrogen and oxygen atoms in total. The van der Waals surface area contributed by atoms with Crippen LogP contribution in [0.5, 0.6) is 0 Å². The number of nitrogens with zero attached hydrogens (tertiary/aromatic N) is 1. The minimum Gasteiger partial charge on any atom is -0.356 e. The molecule has 0 saturated heterocycles. The highest BCUT2D eigenvalue weighted by atomic mass is 16.7. The number of carbonyl (C=O) groups excluding carboxylic acids is 3. The Hall–Kier alpha value is -1.77. The summed E-state index contributed by atoms with van der Waals surface area (Å²) < 4.78 is 9.92. The predicted molar refractivity (Wildman–Crippen MR) is 82.9 cm³/mol. The molecular formula is C15H25N3O5. The summed E-state index contributed by atoms with van der Waals surface area (Å²) in [7, 11) is 0. The first-order valence-electron chi connectivity index (χ1n) is 7.81. The summed E-state index contributed by atoms with van der Waals surface area (Å²) >= 11 is 0. The maximum Gasteiger partial charge on any atom is 0.253 e. The van der Waals surface area contributed by atoms with Gasteiger partial charge in [0.15, 0.2) is 0 Å². The molecule has 0 spiro atoms. The molecule has 1 rings (SSSR count). The van der Waals surface area contributed by atoms with Gasteiger partial charge in [0.05, 0.1) is 13.3 Å². The number of ether oxygens (including phenoxy) is 2. The zero-order valence-electron chi connectivity index (χ0n) is 13.3. The van der Waals surface area contributed by atoms with Crippen LogP contribution in [0.25, 0.3) is 0 Å². The van der Waals surface area contributed by atoms with Crippen molar-refractivity contribution in [2.75, 3.05) is 33.2 Å². The van der Waals surface area contributed by atoms with Crippen LogP contribution in [0.2, 0.25) is 0 Å². The van der Waals surface area contributed by atoms with Crippen LogP contribution in [0, 0.1) is 0 Å². The first-order chi connectivity index (χ1) is 11.1. The van der Waals surface area contributed by atoms with Gasteiger partial charge in [0.25, 0.3) is 11.8 Å². The monoisotopic (exact) mass is 327 g/mol. The second kappa shape index (κ2) is 11.8. The van der Waals surface area contributed by atoms with Crippen molar-refractivity contribution < 1.29 is 23.9 Å². The number of nitrogens with one attached hydrogen (secondary N) is 1. The lowest BCUT2D eigenvalue weighted by Crippen LogP contribution is -2.30. The van der Waals surface area contributed by atoms with Gasteiger partial charge >= 0.3 is 0 Å². The largest absolute Gasteiger partial charge is 0.356 e. The molecule has 0 unspecified atom stereocenters.